The van der Waals surface area contributed by atoms with Gasteiger partial charge < -0.3 is 10.1 Å². The summed E-state index contributed by atoms with van der Waals surface area (Å²) in [7, 11) is 0. The summed E-state index contributed by atoms with van der Waals surface area (Å²) in [6.45, 7) is 0. The van der Waals surface area contributed by atoms with Crippen LogP contribution in [0.5, 0.6) is 0 Å². The van der Waals surface area contributed by atoms with Gasteiger partial charge in [0.15, 0.2) is 0 Å². The fourth-order valence-corrected chi connectivity index (χ4v) is 0.799. The number of fused-ring (bicyclic) bond motifs is 1. The lowest BCUT2D eigenvalue weighted by molar-refractivity contribution is -0.394. The largest absolute Gasteiger partial charge is 0.493 e. The van der Waals surface area contributed by atoms with E-state index in [9.17, 15) is 10.1 Å². The van der Waals surface area contributed by atoms with E-state index < -0.39 is 10.9 Å². The molecule has 0 unspecified atom stereocenters. The quantitative estimate of drug-likeness (QED) is 0.439. The van der Waals surface area contributed by atoms with Gasteiger partial charge >= 0.3 is 11.7 Å². The number of nitrogens with zero attached hydrogens (tertiary/aromatic N) is 5. The molecule has 2 heterocycles. The van der Waals surface area contributed by atoms with Crippen molar-refractivity contribution in [2.45, 2.75) is 0 Å². The molecule has 60 valence electrons. The van der Waals surface area contributed by atoms with Gasteiger partial charge in [-0.1, -0.05) is 0 Å². The van der Waals surface area contributed by atoms with Crippen LogP contribution >= 0.6 is 0 Å². The Hall–Kier alpha value is -2.05. The highest BCUT2D eigenvalue weighted by Gasteiger charge is 2.15. The fraction of sp³-hybridized carbons (Fsp3) is 0. The molecule has 0 atom stereocenters. The molecule has 0 spiro atoms. The molecular formula is C5H3N5O2. The summed E-state index contributed by atoms with van der Waals surface area (Å²) in [5, 5.41) is 13.8. The molecule has 7 nitrogen and oxygen atoms in total. The van der Waals surface area contributed by atoms with Crippen molar-refractivity contribution in [2.75, 3.05) is 0 Å². The first-order valence-electron chi connectivity index (χ1n) is 3.09. The third kappa shape index (κ3) is 0.875. The zero-order valence-corrected chi connectivity index (χ0v) is 5.78. The highest BCUT2D eigenvalue weighted by molar-refractivity contribution is 5.28. The number of hydrogen-bond donors (Lipinski definition) is 0. The van der Waals surface area contributed by atoms with Crippen LogP contribution in [0.4, 0.5) is 5.95 Å². The lowest BCUT2D eigenvalue weighted by atomic mass is 10.7. The van der Waals surface area contributed by atoms with Gasteiger partial charge in [-0.05, 0) is 16.0 Å². The minimum absolute atomic E-state index is 0.226. The van der Waals surface area contributed by atoms with Gasteiger partial charge in [0.05, 0.1) is 6.20 Å². The van der Waals surface area contributed by atoms with Crippen LogP contribution in [-0.2, 0) is 0 Å². The first-order valence-corrected chi connectivity index (χ1v) is 3.09. The molecule has 0 fully saturated rings. The third-order valence-corrected chi connectivity index (χ3v) is 1.27. The number of hydrogen-bond acceptors (Lipinski definition) is 5. The Kier molecular flexibility index (Phi) is 1.23. The topological polar surface area (TPSA) is 86.2 Å². The molecule has 0 aliphatic heterocycles. The summed E-state index contributed by atoms with van der Waals surface area (Å²) < 4.78 is 1.25. The molecule has 2 aromatic heterocycles. The maximum atomic E-state index is 10.2. The molecule has 0 aliphatic carbocycles. The van der Waals surface area contributed by atoms with E-state index >= 15 is 0 Å². The van der Waals surface area contributed by atoms with Crippen LogP contribution in [-0.4, -0.2) is 24.5 Å². The number of nitro groups is 1. The van der Waals surface area contributed by atoms with E-state index in [2.05, 4.69) is 15.1 Å². The van der Waals surface area contributed by atoms with Crippen molar-refractivity contribution in [1.29, 1.82) is 0 Å². The van der Waals surface area contributed by atoms with Crippen molar-refractivity contribution in [2.24, 2.45) is 0 Å². The normalized spacial score (nSPS) is 10.3. The monoisotopic (exact) mass is 165 g/mol. The van der Waals surface area contributed by atoms with Gasteiger partial charge in [0.25, 0.3) is 0 Å². The maximum Gasteiger partial charge on any atom is 0.493 e. The van der Waals surface area contributed by atoms with Crippen molar-refractivity contribution in [3.63, 3.8) is 0 Å². The van der Waals surface area contributed by atoms with E-state index in [1.807, 2.05) is 0 Å². The average molecular weight is 165 g/mol. The Morgan fingerprint density at radius 2 is 2.42 bits per heavy atom. The molecule has 12 heavy (non-hydrogen) atoms. The van der Waals surface area contributed by atoms with Gasteiger partial charge in [0, 0.05) is 11.3 Å². The summed E-state index contributed by atoms with van der Waals surface area (Å²) >= 11 is 0. The molecule has 0 aliphatic rings. The molecule has 0 radical (unpaired) electrons. The zero-order valence-electron chi connectivity index (χ0n) is 5.78. The maximum absolute atomic E-state index is 10.2. The summed E-state index contributed by atoms with van der Waals surface area (Å²) in [5.41, 5.74) is 0. The molecule has 7 heteroatoms. The van der Waals surface area contributed by atoms with Crippen LogP contribution in [0.2, 0.25) is 0 Å². The molecule has 2 rings (SSSR count). The van der Waals surface area contributed by atoms with E-state index in [-0.39, 0.29) is 5.78 Å². The van der Waals surface area contributed by atoms with Crippen molar-refractivity contribution >= 4 is 11.7 Å². The predicted molar refractivity (Wildman–Crippen MR) is 37.4 cm³/mol. The molecule has 0 saturated carbocycles. The predicted octanol–water partition coefficient (Wildman–Crippen LogP) is 0.0325. The van der Waals surface area contributed by atoms with Crippen LogP contribution < -0.4 is 0 Å². The van der Waals surface area contributed by atoms with Gasteiger partial charge in [0.1, 0.15) is 0 Å². The minimum Gasteiger partial charge on any atom is -0.390 e. The van der Waals surface area contributed by atoms with E-state index in [0.717, 1.165) is 0 Å². The number of rotatable bonds is 1. The first kappa shape index (κ1) is 6.65. The SMILES string of the molecule is O=[N+]([O-])c1nc2ncccn2n1. The molecular weight excluding hydrogens is 162 g/mol. The standard InChI is InChI=1S/C5H3N5O2/c11-10(12)5-7-4-6-2-1-3-9(4)8-5/h1-3H. The van der Waals surface area contributed by atoms with Crippen LogP contribution in [0.15, 0.2) is 18.5 Å². The van der Waals surface area contributed by atoms with E-state index in [1.165, 1.54) is 10.7 Å². The first-order chi connectivity index (χ1) is 5.77. The lowest BCUT2D eigenvalue weighted by Crippen LogP contribution is -1.90. The lowest BCUT2D eigenvalue weighted by Gasteiger charge is -1.81. The van der Waals surface area contributed by atoms with Gasteiger partial charge in [-0.2, -0.15) is 0 Å². The smallest absolute Gasteiger partial charge is 0.390 e. The van der Waals surface area contributed by atoms with E-state index in [1.54, 1.807) is 12.3 Å². The summed E-state index contributed by atoms with van der Waals surface area (Å²) in [6.07, 6.45) is 3.04. The average Bonchev–Trinajstić information content (AvgIpc) is 2.46. The highest BCUT2D eigenvalue weighted by Crippen LogP contribution is 2.03. The van der Waals surface area contributed by atoms with Crippen LogP contribution in [0.25, 0.3) is 5.78 Å². The second-order valence-corrected chi connectivity index (χ2v) is 2.03. The van der Waals surface area contributed by atoms with Crippen LogP contribution in [0, 0.1) is 10.1 Å². The van der Waals surface area contributed by atoms with Crippen molar-refractivity contribution in [1.82, 2.24) is 19.6 Å². The zero-order chi connectivity index (χ0) is 8.55. The molecule has 0 aromatic carbocycles. The Morgan fingerprint density at radius 1 is 1.58 bits per heavy atom. The molecule has 0 bridgehead atoms. The van der Waals surface area contributed by atoms with Gasteiger partial charge in [-0.15, -0.1) is 4.52 Å². The van der Waals surface area contributed by atoms with Crippen molar-refractivity contribution in [3.8, 4) is 0 Å². The second-order valence-electron chi connectivity index (χ2n) is 2.03. The van der Waals surface area contributed by atoms with Crippen molar-refractivity contribution < 1.29 is 4.92 Å². The van der Waals surface area contributed by atoms with E-state index in [0.29, 0.717) is 0 Å². The minimum atomic E-state index is -0.658. The van der Waals surface area contributed by atoms with E-state index in [4.69, 9.17) is 0 Å². The highest BCUT2D eigenvalue weighted by atomic mass is 16.6. The molecule has 0 amide bonds. The fourth-order valence-electron chi connectivity index (χ4n) is 0.799. The van der Waals surface area contributed by atoms with Gasteiger partial charge in [-0.25, -0.2) is 4.98 Å². The van der Waals surface area contributed by atoms with Crippen LogP contribution in [0.3, 0.4) is 0 Å². The van der Waals surface area contributed by atoms with Gasteiger partial charge in [0.2, 0.25) is 0 Å². The molecule has 2 aromatic rings. The Morgan fingerprint density at radius 3 is 3.08 bits per heavy atom. The van der Waals surface area contributed by atoms with Crippen molar-refractivity contribution in [3.05, 3.63) is 28.6 Å². The summed E-state index contributed by atoms with van der Waals surface area (Å²) in [5.74, 6) is -0.210. The third-order valence-electron chi connectivity index (χ3n) is 1.27. The van der Waals surface area contributed by atoms with Crippen LogP contribution in [0.1, 0.15) is 0 Å². The Labute approximate surface area is 65.8 Å². The number of aromatic nitrogens is 4. The Bertz CT molecular complexity index is 403. The Balaban J connectivity index is 2.70. The molecule has 0 saturated heterocycles. The van der Waals surface area contributed by atoms with Gasteiger partial charge in [-0.3, -0.25) is 0 Å². The summed E-state index contributed by atoms with van der Waals surface area (Å²) in [6, 6.07) is 1.62. The molecule has 0 N–H and O–H groups in total. The summed E-state index contributed by atoms with van der Waals surface area (Å²) in [4.78, 5) is 16.9. The second kappa shape index (κ2) is 2.22.